The van der Waals surface area contributed by atoms with Crippen LogP contribution in [0.15, 0.2) is 0 Å². The predicted molar refractivity (Wildman–Crippen MR) is 106 cm³/mol. The van der Waals surface area contributed by atoms with Crippen LogP contribution < -0.4 is 0 Å². The number of nitrogens with zero attached hydrogens (tertiary/aromatic N) is 1. The van der Waals surface area contributed by atoms with E-state index >= 15 is 0 Å². The zero-order valence-electron chi connectivity index (χ0n) is 16.9. The van der Waals surface area contributed by atoms with E-state index in [1.807, 2.05) is 0 Å². The first-order valence-electron chi connectivity index (χ1n) is 11.6. The van der Waals surface area contributed by atoms with Crippen molar-refractivity contribution in [2.75, 3.05) is 0 Å². The number of hydrogen-bond acceptors (Lipinski definition) is 1. The largest absolute Gasteiger partial charge is 0.198 e. The molecule has 3 fully saturated rings. The van der Waals surface area contributed by atoms with Gasteiger partial charge in [0.25, 0.3) is 0 Å². The standard InChI is InChI=1S/C24H41N/c1-3-5-20-14-16-24(18-25,17-15-20)23-12-10-22(11-13-23)21-8-6-19(4-2)7-9-21/h19-23H,3-17H2,1-2H3. The summed E-state index contributed by atoms with van der Waals surface area (Å²) in [5.74, 6) is 4.65. The van der Waals surface area contributed by atoms with Crippen molar-refractivity contribution >= 4 is 0 Å². The summed E-state index contributed by atoms with van der Waals surface area (Å²) in [6, 6.07) is 2.86. The van der Waals surface area contributed by atoms with Crippen molar-refractivity contribution in [3.05, 3.63) is 0 Å². The number of nitriles is 1. The molecule has 142 valence electrons. The Balaban J connectivity index is 1.49. The van der Waals surface area contributed by atoms with E-state index < -0.39 is 0 Å². The fourth-order valence-corrected chi connectivity index (χ4v) is 6.71. The first-order valence-corrected chi connectivity index (χ1v) is 11.6. The maximum atomic E-state index is 10.0. The van der Waals surface area contributed by atoms with E-state index in [1.165, 1.54) is 96.3 Å². The maximum absolute atomic E-state index is 10.0. The smallest absolute Gasteiger partial charge is 0.0692 e. The second-order valence-corrected chi connectivity index (χ2v) is 9.80. The van der Waals surface area contributed by atoms with Crippen LogP contribution in [0, 0.1) is 46.3 Å². The molecule has 0 amide bonds. The van der Waals surface area contributed by atoms with Crippen LogP contribution in [0.3, 0.4) is 0 Å². The zero-order valence-corrected chi connectivity index (χ0v) is 16.9. The third kappa shape index (κ3) is 4.43. The Kier molecular flexibility index (Phi) is 6.87. The molecule has 0 aromatic heterocycles. The van der Waals surface area contributed by atoms with Gasteiger partial charge in [-0.3, -0.25) is 0 Å². The minimum Gasteiger partial charge on any atom is -0.198 e. The van der Waals surface area contributed by atoms with Crippen LogP contribution in [0.25, 0.3) is 0 Å². The SMILES string of the molecule is CCCC1CCC(C#N)(C2CCC(C3CCC(CC)CC3)CC2)CC1. The summed E-state index contributed by atoms with van der Waals surface area (Å²) in [7, 11) is 0. The topological polar surface area (TPSA) is 23.8 Å². The highest BCUT2D eigenvalue weighted by Gasteiger charge is 2.44. The van der Waals surface area contributed by atoms with Crippen molar-refractivity contribution in [3.8, 4) is 6.07 Å². The Labute approximate surface area is 157 Å². The molecule has 1 heteroatoms. The van der Waals surface area contributed by atoms with Gasteiger partial charge in [-0.05, 0) is 93.8 Å². The maximum Gasteiger partial charge on any atom is 0.0692 e. The molecule has 0 radical (unpaired) electrons. The molecular formula is C24H41N. The summed E-state index contributed by atoms with van der Waals surface area (Å²) in [6.45, 7) is 4.67. The van der Waals surface area contributed by atoms with Crippen molar-refractivity contribution in [3.63, 3.8) is 0 Å². The van der Waals surface area contributed by atoms with Gasteiger partial charge in [0.1, 0.15) is 0 Å². The average Bonchev–Trinajstić information content (AvgIpc) is 2.69. The predicted octanol–water partition coefficient (Wildman–Crippen LogP) is 7.51. The molecule has 0 bridgehead atoms. The van der Waals surface area contributed by atoms with Crippen LogP contribution in [-0.2, 0) is 0 Å². The van der Waals surface area contributed by atoms with Crippen molar-refractivity contribution in [1.29, 1.82) is 5.26 Å². The molecule has 0 N–H and O–H groups in total. The lowest BCUT2D eigenvalue weighted by atomic mass is 9.58. The van der Waals surface area contributed by atoms with E-state index in [1.54, 1.807) is 0 Å². The molecule has 0 spiro atoms. The molecule has 0 aromatic carbocycles. The van der Waals surface area contributed by atoms with Gasteiger partial charge in [-0.2, -0.15) is 5.26 Å². The fourth-order valence-electron chi connectivity index (χ4n) is 6.71. The molecule has 25 heavy (non-hydrogen) atoms. The minimum absolute atomic E-state index is 0.0507. The Morgan fingerprint density at radius 2 is 1.32 bits per heavy atom. The van der Waals surface area contributed by atoms with Crippen molar-refractivity contribution in [2.24, 2.45) is 35.0 Å². The van der Waals surface area contributed by atoms with Gasteiger partial charge in [-0.1, -0.05) is 46.0 Å². The summed E-state index contributed by atoms with van der Waals surface area (Å²) >= 11 is 0. The lowest BCUT2D eigenvalue weighted by Gasteiger charge is -2.45. The highest BCUT2D eigenvalue weighted by atomic mass is 14.5. The molecule has 0 unspecified atom stereocenters. The Morgan fingerprint density at radius 1 is 0.760 bits per heavy atom. The molecule has 3 aliphatic carbocycles. The molecule has 3 aliphatic rings. The van der Waals surface area contributed by atoms with Crippen molar-refractivity contribution in [1.82, 2.24) is 0 Å². The van der Waals surface area contributed by atoms with Gasteiger partial charge in [0.05, 0.1) is 11.5 Å². The van der Waals surface area contributed by atoms with Gasteiger partial charge in [0, 0.05) is 0 Å². The number of hydrogen-bond donors (Lipinski definition) is 0. The van der Waals surface area contributed by atoms with Crippen molar-refractivity contribution < 1.29 is 0 Å². The third-order valence-electron chi connectivity index (χ3n) is 8.61. The Hall–Kier alpha value is -0.510. The van der Waals surface area contributed by atoms with E-state index in [-0.39, 0.29) is 5.41 Å². The number of rotatable bonds is 5. The summed E-state index contributed by atoms with van der Waals surface area (Å²) in [4.78, 5) is 0. The quantitative estimate of drug-likeness (QED) is 0.506. The highest BCUT2D eigenvalue weighted by Crippen LogP contribution is 2.52. The molecule has 0 atom stereocenters. The van der Waals surface area contributed by atoms with Gasteiger partial charge >= 0.3 is 0 Å². The molecule has 0 heterocycles. The summed E-state index contributed by atoms with van der Waals surface area (Å²) in [6.07, 6.45) is 20.7. The molecule has 1 nitrogen and oxygen atoms in total. The van der Waals surface area contributed by atoms with E-state index in [4.69, 9.17) is 0 Å². The normalized spacial score (nSPS) is 42.7. The van der Waals surface area contributed by atoms with Crippen LogP contribution in [0.5, 0.6) is 0 Å². The third-order valence-corrected chi connectivity index (χ3v) is 8.61. The molecular weight excluding hydrogens is 302 g/mol. The lowest BCUT2D eigenvalue weighted by Crippen LogP contribution is -2.37. The molecule has 0 aliphatic heterocycles. The van der Waals surface area contributed by atoms with Gasteiger partial charge in [0.2, 0.25) is 0 Å². The highest BCUT2D eigenvalue weighted by molar-refractivity contribution is 5.06. The van der Waals surface area contributed by atoms with Crippen LogP contribution in [0.4, 0.5) is 0 Å². The van der Waals surface area contributed by atoms with Gasteiger partial charge in [0.15, 0.2) is 0 Å². The zero-order chi connectivity index (χ0) is 17.7. The van der Waals surface area contributed by atoms with Crippen molar-refractivity contribution in [2.45, 2.75) is 110 Å². The average molecular weight is 344 g/mol. The van der Waals surface area contributed by atoms with Gasteiger partial charge in [-0.15, -0.1) is 0 Å². The summed E-state index contributed by atoms with van der Waals surface area (Å²) < 4.78 is 0. The minimum atomic E-state index is 0.0507. The van der Waals surface area contributed by atoms with E-state index in [9.17, 15) is 5.26 Å². The summed E-state index contributed by atoms with van der Waals surface area (Å²) in [5, 5.41) is 10.0. The first kappa shape index (κ1) is 19.3. The van der Waals surface area contributed by atoms with E-state index in [0.29, 0.717) is 5.92 Å². The van der Waals surface area contributed by atoms with E-state index in [0.717, 1.165) is 23.7 Å². The van der Waals surface area contributed by atoms with Gasteiger partial charge < -0.3 is 0 Å². The van der Waals surface area contributed by atoms with Gasteiger partial charge in [-0.25, -0.2) is 0 Å². The Bertz CT molecular complexity index is 424. The second-order valence-electron chi connectivity index (χ2n) is 9.80. The van der Waals surface area contributed by atoms with Crippen LogP contribution >= 0.6 is 0 Å². The van der Waals surface area contributed by atoms with Crippen LogP contribution in [0.1, 0.15) is 110 Å². The monoisotopic (exact) mass is 343 g/mol. The summed E-state index contributed by atoms with van der Waals surface area (Å²) in [5.41, 5.74) is 0.0507. The van der Waals surface area contributed by atoms with E-state index in [2.05, 4.69) is 19.9 Å². The van der Waals surface area contributed by atoms with Crippen LogP contribution in [0.2, 0.25) is 0 Å². The van der Waals surface area contributed by atoms with Crippen LogP contribution in [-0.4, -0.2) is 0 Å². The molecule has 0 saturated heterocycles. The fraction of sp³-hybridized carbons (Fsp3) is 0.958. The molecule has 3 saturated carbocycles. The Morgan fingerprint density at radius 3 is 1.80 bits per heavy atom. The second kappa shape index (κ2) is 8.92. The molecule has 0 aromatic rings. The molecule has 3 rings (SSSR count). The first-order chi connectivity index (χ1) is 12.2. The lowest BCUT2D eigenvalue weighted by molar-refractivity contribution is 0.0652.